The van der Waals surface area contributed by atoms with E-state index < -0.39 is 52.3 Å². The van der Waals surface area contributed by atoms with Gasteiger partial charge in [0.2, 0.25) is 0 Å². The van der Waals surface area contributed by atoms with Crippen LogP contribution in [0.5, 0.6) is 0 Å². The Morgan fingerprint density at radius 3 is 2.14 bits per heavy atom. The lowest BCUT2D eigenvalue weighted by atomic mass is 9.45. The predicted molar refractivity (Wildman–Crippen MR) is 101 cm³/mol. The Kier molecular flexibility index (Phi) is 5.27. The van der Waals surface area contributed by atoms with Crippen LogP contribution in [0.4, 0.5) is 0 Å². The lowest BCUT2D eigenvalue weighted by Gasteiger charge is -2.70. The predicted octanol–water partition coefficient (Wildman–Crippen LogP) is 1.90. The van der Waals surface area contributed by atoms with E-state index in [0.717, 1.165) is 0 Å². The molecule has 3 fully saturated rings. The monoisotopic (exact) mass is 412 g/mol. The molecule has 2 bridgehead atoms. The van der Waals surface area contributed by atoms with Crippen molar-refractivity contribution in [1.82, 2.24) is 0 Å². The van der Waals surface area contributed by atoms with Crippen LogP contribution in [0.2, 0.25) is 0 Å². The van der Waals surface area contributed by atoms with E-state index in [1.54, 1.807) is 0 Å². The lowest BCUT2D eigenvalue weighted by Crippen LogP contribution is -2.82. The topological polar surface area (TPSA) is 108 Å². The standard InChI is InChI=1S/C21H32O8/c1-12(22)26-11-20-16(27-13(2)23)7-8-19(6)21(20,25)10-15(18(4,5)29-19)9-17(20)28-14(3)24/h15-17,25H,7-11H2,1-6H3/t15-,16+,17-,19+,20+,21-/m1/s1. The minimum absolute atomic E-state index is 0.0912. The number of hydrogen-bond donors (Lipinski definition) is 1. The highest BCUT2D eigenvalue weighted by atomic mass is 16.6. The van der Waals surface area contributed by atoms with Crippen molar-refractivity contribution in [3.05, 3.63) is 0 Å². The minimum atomic E-state index is -1.52. The van der Waals surface area contributed by atoms with Crippen molar-refractivity contribution in [3.8, 4) is 0 Å². The maximum Gasteiger partial charge on any atom is 0.302 e. The van der Waals surface area contributed by atoms with Crippen molar-refractivity contribution in [2.45, 2.75) is 96.2 Å². The Hall–Kier alpha value is -1.67. The summed E-state index contributed by atoms with van der Waals surface area (Å²) < 4.78 is 23.2. The van der Waals surface area contributed by atoms with E-state index in [4.69, 9.17) is 18.9 Å². The van der Waals surface area contributed by atoms with Crippen LogP contribution in [0.1, 0.15) is 67.2 Å². The Balaban J connectivity index is 2.20. The maximum atomic E-state index is 12.2. The summed E-state index contributed by atoms with van der Waals surface area (Å²) in [5, 5.41) is 12.2. The third-order valence-corrected chi connectivity index (χ3v) is 7.32. The average molecular weight is 412 g/mol. The molecule has 0 aromatic carbocycles. The quantitative estimate of drug-likeness (QED) is 0.551. The zero-order chi connectivity index (χ0) is 21.8. The summed E-state index contributed by atoms with van der Waals surface area (Å²) in [6.45, 7) is 9.43. The van der Waals surface area contributed by atoms with E-state index in [1.807, 2.05) is 20.8 Å². The molecule has 0 spiro atoms. The zero-order valence-electron chi connectivity index (χ0n) is 18.1. The second kappa shape index (κ2) is 6.94. The zero-order valence-corrected chi connectivity index (χ0v) is 18.1. The number of rotatable bonds is 4. The van der Waals surface area contributed by atoms with Crippen molar-refractivity contribution in [2.75, 3.05) is 6.61 Å². The molecule has 8 nitrogen and oxygen atoms in total. The van der Waals surface area contributed by atoms with Crippen LogP contribution >= 0.6 is 0 Å². The minimum Gasteiger partial charge on any atom is -0.465 e. The van der Waals surface area contributed by atoms with Gasteiger partial charge in [0, 0.05) is 20.8 Å². The van der Waals surface area contributed by atoms with E-state index in [2.05, 4.69) is 0 Å². The third kappa shape index (κ3) is 3.24. The van der Waals surface area contributed by atoms with Crippen LogP contribution in [0.15, 0.2) is 0 Å². The first-order valence-corrected chi connectivity index (χ1v) is 10.2. The van der Waals surface area contributed by atoms with E-state index in [1.165, 1.54) is 20.8 Å². The summed E-state index contributed by atoms with van der Waals surface area (Å²) in [6, 6.07) is 0. The van der Waals surface area contributed by atoms with Crippen molar-refractivity contribution >= 4 is 17.9 Å². The molecule has 0 unspecified atom stereocenters. The summed E-state index contributed by atoms with van der Waals surface area (Å²) in [6.07, 6.45) is 0.0320. The van der Waals surface area contributed by atoms with Gasteiger partial charge in [-0.2, -0.15) is 0 Å². The number of aliphatic hydroxyl groups is 1. The molecule has 8 heteroatoms. The SMILES string of the molecule is CC(=O)OC[C@]12[C@@H](OC(C)=O)CC[C@]3(C)OC(C)(C)[C@H](C[C@H]1OC(C)=O)C[C@]23O. The van der Waals surface area contributed by atoms with Gasteiger partial charge in [-0.05, 0) is 52.4 Å². The van der Waals surface area contributed by atoms with Gasteiger partial charge in [-0.15, -0.1) is 0 Å². The molecule has 2 aliphatic carbocycles. The summed E-state index contributed by atoms with van der Waals surface area (Å²) in [7, 11) is 0. The molecule has 2 saturated carbocycles. The van der Waals surface area contributed by atoms with Crippen LogP contribution < -0.4 is 0 Å². The van der Waals surface area contributed by atoms with Crippen LogP contribution in [0.25, 0.3) is 0 Å². The third-order valence-electron chi connectivity index (χ3n) is 7.32. The van der Waals surface area contributed by atoms with Gasteiger partial charge in [0.1, 0.15) is 29.8 Å². The van der Waals surface area contributed by atoms with Crippen molar-refractivity contribution in [2.24, 2.45) is 11.3 Å². The lowest BCUT2D eigenvalue weighted by molar-refractivity contribution is -0.388. The molecule has 0 aromatic heterocycles. The van der Waals surface area contributed by atoms with E-state index in [-0.39, 0.29) is 12.5 Å². The molecule has 1 saturated heterocycles. The number of hydrogen-bond acceptors (Lipinski definition) is 8. The molecular formula is C21H32O8. The first kappa shape index (κ1) is 22.0. The first-order chi connectivity index (χ1) is 13.3. The van der Waals surface area contributed by atoms with E-state index in [9.17, 15) is 19.5 Å². The fraction of sp³-hybridized carbons (Fsp3) is 0.857. The van der Waals surface area contributed by atoms with Crippen LogP contribution in [0, 0.1) is 11.3 Å². The number of carbonyl (C=O) groups excluding carboxylic acids is 3. The van der Waals surface area contributed by atoms with E-state index >= 15 is 0 Å². The van der Waals surface area contributed by atoms with E-state index in [0.29, 0.717) is 25.7 Å². The molecule has 1 aliphatic heterocycles. The average Bonchev–Trinajstić information content (AvgIpc) is 2.55. The first-order valence-electron chi connectivity index (χ1n) is 10.2. The van der Waals surface area contributed by atoms with Gasteiger partial charge in [0.15, 0.2) is 0 Å². The fourth-order valence-corrected chi connectivity index (χ4v) is 5.99. The van der Waals surface area contributed by atoms with Gasteiger partial charge in [0.05, 0.1) is 11.2 Å². The molecule has 0 aromatic rings. The Morgan fingerprint density at radius 1 is 1.00 bits per heavy atom. The molecule has 29 heavy (non-hydrogen) atoms. The Labute approximate surface area is 171 Å². The smallest absolute Gasteiger partial charge is 0.302 e. The molecule has 6 atom stereocenters. The Bertz CT molecular complexity index is 717. The van der Waals surface area contributed by atoms with Gasteiger partial charge in [-0.3, -0.25) is 14.4 Å². The number of fused-ring (bicyclic) bond motifs is 1. The molecule has 1 heterocycles. The number of ether oxygens (including phenoxy) is 4. The molecule has 164 valence electrons. The van der Waals surface area contributed by atoms with Gasteiger partial charge in [-0.25, -0.2) is 0 Å². The summed E-state index contributed by atoms with van der Waals surface area (Å²) in [5.74, 6) is -1.64. The molecule has 0 amide bonds. The maximum absolute atomic E-state index is 12.2. The highest BCUT2D eigenvalue weighted by Crippen LogP contribution is 2.66. The van der Waals surface area contributed by atoms with Crippen LogP contribution in [-0.2, 0) is 33.3 Å². The van der Waals surface area contributed by atoms with Gasteiger partial charge >= 0.3 is 17.9 Å². The molecule has 1 N–H and O–H groups in total. The second-order valence-electron chi connectivity index (χ2n) is 9.49. The molecular weight excluding hydrogens is 380 g/mol. The van der Waals surface area contributed by atoms with Crippen LogP contribution in [0.3, 0.4) is 0 Å². The summed E-state index contributed by atoms with van der Waals surface area (Å²) in [4.78, 5) is 35.6. The Morgan fingerprint density at radius 2 is 1.59 bits per heavy atom. The van der Waals surface area contributed by atoms with Crippen molar-refractivity contribution < 1.29 is 38.4 Å². The summed E-state index contributed by atoms with van der Waals surface area (Å²) >= 11 is 0. The van der Waals surface area contributed by atoms with Gasteiger partial charge in [-0.1, -0.05) is 0 Å². The van der Waals surface area contributed by atoms with Gasteiger partial charge in [0.25, 0.3) is 0 Å². The highest BCUT2D eigenvalue weighted by Gasteiger charge is 2.77. The largest absolute Gasteiger partial charge is 0.465 e. The summed E-state index contributed by atoms with van der Waals surface area (Å²) in [5.41, 5.74) is -4.37. The van der Waals surface area contributed by atoms with Crippen LogP contribution in [-0.4, -0.2) is 58.6 Å². The highest BCUT2D eigenvalue weighted by molar-refractivity contribution is 5.68. The second-order valence-corrected chi connectivity index (χ2v) is 9.49. The molecule has 3 aliphatic rings. The van der Waals surface area contributed by atoms with Crippen molar-refractivity contribution in [1.29, 1.82) is 0 Å². The van der Waals surface area contributed by atoms with Gasteiger partial charge < -0.3 is 24.1 Å². The number of carbonyl (C=O) groups is 3. The molecule has 0 radical (unpaired) electrons. The fourth-order valence-electron chi connectivity index (χ4n) is 5.99. The van der Waals surface area contributed by atoms with Crippen molar-refractivity contribution in [3.63, 3.8) is 0 Å². The molecule has 3 rings (SSSR count). The number of esters is 3. The normalized spacial score (nSPS) is 42.5.